The first-order chi connectivity index (χ1) is 13.4. The Kier molecular flexibility index (Phi) is 8.47. The fraction of sp³-hybridized carbons (Fsp3) is 0.381. The number of aryl methyl sites for hydroxylation is 1. The molecule has 0 aliphatic rings. The Hall–Kier alpha value is -2.38. The van der Waals surface area contributed by atoms with E-state index in [9.17, 15) is 13.2 Å². The van der Waals surface area contributed by atoms with Crippen molar-refractivity contribution in [1.82, 2.24) is 4.72 Å². The van der Waals surface area contributed by atoms with Crippen LogP contribution in [0.15, 0.2) is 48.5 Å². The third-order valence-corrected chi connectivity index (χ3v) is 5.52. The first-order valence-corrected chi connectivity index (χ1v) is 11.0. The maximum absolute atomic E-state index is 12.3. The zero-order valence-electron chi connectivity index (χ0n) is 16.1. The van der Waals surface area contributed by atoms with Crippen molar-refractivity contribution in [1.29, 1.82) is 0 Å². The lowest BCUT2D eigenvalue weighted by Crippen LogP contribution is -2.26. The van der Waals surface area contributed by atoms with Gasteiger partial charge in [0.2, 0.25) is 10.0 Å². The Bertz CT molecular complexity index is 863. The van der Waals surface area contributed by atoms with Crippen molar-refractivity contribution in [3.05, 3.63) is 65.2 Å². The van der Waals surface area contributed by atoms with Crippen molar-refractivity contribution in [2.24, 2.45) is 0 Å². The molecular formula is C21H27NO5S. The molecule has 0 aromatic heterocycles. The summed E-state index contributed by atoms with van der Waals surface area (Å²) in [5, 5.41) is 8.85. The second-order valence-corrected chi connectivity index (χ2v) is 8.55. The van der Waals surface area contributed by atoms with Gasteiger partial charge in [0.25, 0.3) is 0 Å². The molecule has 0 aliphatic heterocycles. The van der Waals surface area contributed by atoms with E-state index < -0.39 is 16.0 Å². The van der Waals surface area contributed by atoms with Gasteiger partial charge in [-0.3, -0.25) is 4.79 Å². The van der Waals surface area contributed by atoms with E-state index in [1.54, 1.807) is 24.3 Å². The maximum atomic E-state index is 12.3. The Morgan fingerprint density at radius 3 is 2.46 bits per heavy atom. The van der Waals surface area contributed by atoms with Gasteiger partial charge in [0.05, 0.1) is 18.8 Å². The molecule has 2 aromatic rings. The number of sulfonamides is 1. The highest BCUT2D eigenvalue weighted by Crippen LogP contribution is 2.14. The maximum Gasteiger partial charge on any atom is 0.307 e. The van der Waals surface area contributed by atoms with Crippen molar-refractivity contribution in [3.8, 4) is 5.75 Å². The summed E-state index contributed by atoms with van der Waals surface area (Å²) in [7, 11) is -3.44. The summed E-state index contributed by atoms with van der Waals surface area (Å²) in [6, 6.07) is 14.4. The molecule has 6 nitrogen and oxygen atoms in total. The van der Waals surface area contributed by atoms with Gasteiger partial charge in [0, 0.05) is 6.54 Å². The summed E-state index contributed by atoms with van der Waals surface area (Å²) in [6.45, 7) is 2.93. The lowest BCUT2D eigenvalue weighted by molar-refractivity contribution is -0.136. The second-order valence-electron chi connectivity index (χ2n) is 6.63. The molecule has 0 spiro atoms. The monoisotopic (exact) mass is 405 g/mol. The number of carboxylic acid groups (broad SMARTS) is 1. The van der Waals surface area contributed by atoms with E-state index in [4.69, 9.17) is 9.84 Å². The highest BCUT2D eigenvalue weighted by Gasteiger charge is 2.11. The van der Waals surface area contributed by atoms with Gasteiger partial charge >= 0.3 is 5.97 Å². The van der Waals surface area contributed by atoms with Crippen LogP contribution in [0, 0.1) is 0 Å². The Morgan fingerprint density at radius 2 is 1.79 bits per heavy atom. The molecule has 2 aromatic carbocycles. The Morgan fingerprint density at radius 1 is 1.07 bits per heavy atom. The predicted octanol–water partition coefficient (Wildman–Crippen LogP) is 3.15. The Labute approximate surface area is 166 Å². The molecule has 0 aliphatic carbocycles. The molecule has 0 amide bonds. The normalized spacial score (nSPS) is 11.3. The third-order valence-electron chi connectivity index (χ3n) is 4.19. The smallest absolute Gasteiger partial charge is 0.307 e. The summed E-state index contributed by atoms with van der Waals surface area (Å²) >= 11 is 0. The van der Waals surface area contributed by atoms with Crippen LogP contribution in [-0.2, 0) is 34.2 Å². The molecule has 7 heteroatoms. The number of hydrogen-bond acceptors (Lipinski definition) is 4. The number of nitrogens with one attached hydrogen (secondary N) is 1. The van der Waals surface area contributed by atoms with Gasteiger partial charge in [-0.15, -0.1) is 0 Å². The largest absolute Gasteiger partial charge is 0.494 e. The van der Waals surface area contributed by atoms with E-state index in [1.165, 1.54) is 0 Å². The van der Waals surface area contributed by atoms with Crippen molar-refractivity contribution in [3.63, 3.8) is 0 Å². The first kappa shape index (κ1) is 21.9. The number of rotatable bonds is 12. The van der Waals surface area contributed by atoms with Crippen LogP contribution in [-0.4, -0.2) is 31.9 Å². The average Bonchev–Trinajstić information content (AvgIpc) is 2.66. The van der Waals surface area contributed by atoms with Crippen LogP contribution < -0.4 is 9.46 Å². The second kappa shape index (κ2) is 10.8. The van der Waals surface area contributed by atoms with Gasteiger partial charge in [0.1, 0.15) is 5.75 Å². The molecule has 0 atom stereocenters. The van der Waals surface area contributed by atoms with E-state index in [-0.39, 0.29) is 18.7 Å². The number of ether oxygens (including phenoxy) is 1. The van der Waals surface area contributed by atoms with Crippen molar-refractivity contribution < 1.29 is 23.1 Å². The number of carbonyl (C=O) groups is 1. The van der Waals surface area contributed by atoms with Crippen LogP contribution in [0.5, 0.6) is 5.75 Å². The van der Waals surface area contributed by atoms with E-state index >= 15 is 0 Å². The minimum absolute atomic E-state index is 0.0160. The summed E-state index contributed by atoms with van der Waals surface area (Å²) in [6.07, 6.45) is 2.40. The zero-order chi connectivity index (χ0) is 20.4. The topological polar surface area (TPSA) is 92.7 Å². The van der Waals surface area contributed by atoms with Gasteiger partial charge in [-0.25, -0.2) is 13.1 Å². The minimum atomic E-state index is -3.44. The molecule has 0 saturated heterocycles. The van der Waals surface area contributed by atoms with Gasteiger partial charge in [0.15, 0.2) is 0 Å². The number of carboxylic acids is 1. The van der Waals surface area contributed by atoms with Gasteiger partial charge in [-0.2, -0.15) is 0 Å². The molecule has 2 rings (SSSR count). The zero-order valence-corrected chi connectivity index (χ0v) is 16.9. The fourth-order valence-corrected chi connectivity index (χ4v) is 3.66. The van der Waals surface area contributed by atoms with E-state index in [0.717, 1.165) is 29.7 Å². The molecule has 0 bridgehead atoms. The third kappa shape index (κ3) is 8.10. The first-order valence-electron chi connectivity index (χ1n) is 9.36. The van der Waals surface area contributed by atoms with Gasteiger partial charge in [-0.05, 0) is 41.7 Å². The fourth-order valence-electron chi connectivity index (χ4n) is 2.63. The van der Waals surface area contributed by atoms with E-state index in [1.807, 2.05) is 24.3 Å². The van der Waals surface area contributed by atoms with E-state index in [0.29, 0.717) is 18.6 Å². The van der Waals surface area contributed by atoms with Crippen LogP contribution in [0.2, 0.25) is 0 Å². The van der Waals surface area contributed by atoms with Crippen LogP contribution in [0.3, 0.4) is 0 Å². The molecule has 0 radical (unpaired) electrons. The summed E-state index contributed by atoms with van der Waals surface area (Å²) in [4.78, 5) is 10.8. The lowest BCUT2D eigenvalue weighted by Gasteiger charge is -2.09. The lowest BCUT2D eigenvalue weighted by atomic mass is 10.1. The van der Waals surface area contributed by atoms with Crippen molar-refractivity contribution >= 4 is 16.0 Å². The molecule has 0 fully saturated rings. The van der Waals surface area contributed by atoms with Crippen molar-refractivity contribution in [2.45, 2.75) is 39.2 Å². The minimum Gasteiger partial charge on any atom is -0.494 e. The standard InChI is InChI=1S/C21H27NO5S/c1-2-3-12-27-20-9-7-17(8-10-20)11-13-28(25,26)22-16-19-6-4-5-18(14-19)15-21(23)24/h4-10,14,22H,2-3,11-13,15-16H2,1H3,(H,23,24). The van der Waals surface area contributed by atoms with Crippen LogP contribution in [0.1, 0.15) is 36.5 Å². The summed E-state index contributed by atoms with van der Waals surface area (Å²) in [5.74, 6) is -0.142. The summed E-state index contributed by atoms with van der Waals surface area (Å²) in [5.41, 5.74) is 2.30. The molecule has 0 unspecified atom stereocenters. The molecule has 152 valence electrons. The number of hydrogen-bond donors (Lipinski definition) is 2. The van der Waals surface area contributed by atoms with Gasteiger partial charge < -0.3 is 9.84 Å². The number of aliphatic carboxylic acids is 1. The van der Waals surface area contributed by atoms with E-state index in [2.05, 4.69) is 11.6 Å². The van der Waals surface area contributed by atoms with Crippen LogP contribution in [0.25, 0.3) is 0 Å². The SMILES string of the molecule is CCCCOc1ccc(CCS(=O)(=O)NCc2cccc(CC(=O)O)c2)cc1. The van der Waals surface area contributed by atoms with Crippen LogP contribution in [0.4, 0.5) is 0 Å². The molecular weight excluding hydrogens is 378 g/mol. The molecule has 2 N–H and O–H groups in total. The highest BCUT2D eigenvalue weighted by molar-refractivity contribution is 7.89. The molecule has 0 heterocycles. The average molecular weight is 406 g/mol. The Balaban J connectivity index is 1.83. The summed E-state index contributed by atoms with van der Waals surface area (Å²) < 4.78 is 32.7. The van der Waals surface area contributed by atoms with Gasteiger partial charge in [-0.1, -0.05) is 49.7 Å². The van der Waals surface area contributed by atoms with Crippen LogP contribution >= 0.6 is 0 Å². The quantitative estimate of drug-likeness (QED) is 0.529. The number of benzene rings is 2. The number of unbranched alkanes of at least 4 members (excludes halogenated alkanes) is 1. The predicted molar refractivity (Wildman–Crippen MR) is 109 cm³/mol. The van der Waals surface area contributed by atoms with Crippen molar-refractivity contribution in [2.75, 3.05) is 12.4 Å². The molecule has 0 saturated carbocycles. The highest BCUT2D eigenvalue weighted by atomic mass is 32.2. The molecule has 28 heavy (non-hydrogen) atoms.